The summed E-state index contributed by atoms with van der Waals surface area (Å²) in [4.78, 5) is 20.1. The first kappa shape index (κ1) is 20.2. The number of carbonyl (C=O) groups excluding carboxylic acids is 1. The van der Waals surface area contributed by atoms with Crippen molar-refractivity contribution in [2.24, 2.45) is 0 Å². The van der Waals surface area contributed by atoms with E-state index in [1.165, 1.54) is 6.07 Å². The van der Waals surface area contributed by atoms with E-state index in [0.717, 1.165) is 18.8 Å². The first-order valence-corrected chi connectivity index (χ1v) is 10.6. The molecule has 32 heavy (non-hydrogen) atoms. The lowest BCUT2D eigenvalue weighted by molar-refractivity contribution is 0.0735. The van der Waals surface area contributed by atoms with Crippen molar-refractivity contribution < 1.29 is 13.9 Å². The molecule has 0 saturated carbocycles. The van der Waals surface area contributed by atoms with Gasteiger partial charge in [0, 0.05) is 43.3 Å². The fraction of sp³-hybridized carbons (Fsp3) is 0.200. The predicted molar refractivity (Wildman–Crippen MR) is 121 cm³/mol. The van der Waals surface area contributed by atoms with E-state index in [1.807, 2.05) is 51.9 Å². The molecule has 6 nitrogen and oxygen atoms in total. The molecule has 1 aliphatic heterocycles. The standard InChI is InChI=1S/C25H23FN4O2/c1-17-20(26)10-5-11-21(17)32-25-22(24(31)29-15-13-27-14-16-29)19-9-6-12-28-23(19)30(25)18-7-3-2-4-8-18/h2-12,27H,13-16H2,1H3. The highest BCUT2D eigenvalue weighted by molar-refractivity contribution is 6.09. The number of rotatable bonds is 4. The number of aromatic nitrogens is 2. The number of fused-ring (bicyclic) bond motifs is 1. The summed E-state index contributed by atoms with van der Waals surface area (Å²) in [6.07, 6.45) is 1.69. The number of carbonyl (C=O) groups is 1. The van der Waals surface area contributed by atoms with E-state index in [-0.39, 0.29) is 11.7 Å². The number of amides is 1. The molecule has 0 radical (unpaired) electrons. The Labute approximate surface area is 185 Å². The average molecular weight is 430 g/mol. The minimum absolute atomic E-state index is 0.122. The predicted octanol–water partition coefficient (Wildman–Crippen LogP) is 4.31. The van der Waals surface area contributed by atoms with Gasteiger partial charge < -0.3 is 15.0 Å². The van der Waals surface area contributed by atoms with Crippen molar-refractivity contribution in [3.63, 3.8) is 0 Å². The molecular formula is C25H23FN4O2. The molecule has 1 amide bonds. The number of para-hydroxylation sites is 1. The molecule has 0 aliphatic carbocycles. The van der Waals surface area contributed by atoms with Gasteiger partial charge in [-0.05, 0) is 43.3 Å². The van der Waals surface area contributed by atoms with Crippen LogP contribution < -0.4 is 10.1 Å². The summed E-state index contributed by atoms with van der Waals surface area (Å²) in [5, 5.41) is 3.97. The Hall–Kier alpha value is -3.71. The van der Waals surface area contributed by atoms with Crippen LogP contribution in [0.3, 0.4) is 0 Å². The van der Waals surface area contributed by atoms with Gasteiger partial charge in [0.15, 0.2) is 0 Å². The number of nitrogens with one attached hydrogen (secondary N) is 1. The molecule has 1 saturated heterocycles. The van der Waals surface area contributed by atoms with Crippen LogP contribution in [0, 0.1) is 12.7 Å². The summed E-state index contributed by atoms with van der Waals surface area (Å²) in [5.74, 6) is 0.211. The molecule has 7 heteroatoms. The van der Waals surface area contributed by atoms with Crippen molar-refractivity contribution in [3.8, 4) is 17.3 Å². The van der Waals surface area contributed by atoms with Gasteiger partial charge in [0.2, 0.25) is 5.88 Å². The molecular weight excluding hydrogens is 407 g/mol. The third-order valence-corrected chi connectivity index (χ3v) is 5.74. The number of halogens is 1. The highest BCUT2D eigenvalue weighted by Crippen LogP contribution is 2.38. The van der Waals surface area contributed by atoms with E-state index in [9.17, 15) is 9.18 Å². The van der Waals surface area contributed by atoms with Crippen molar-refractivity contribution in [2.45, 2.75) is 6.92 Å². The number of ether oxygens (including phenoxy) is 1. The van der Waals surface area contributed by atoms with Gasteiger partial charge in [0.05, 0.1) is 5.69 Å². The molecule has 5 rings (SSSR count). The number of hydrogen-bond acceptors (Lipinski definition) is 4. The lowest BCUT2D eigenvalue weighted by Crippen LogP contribution is -2.46. The zero-order valence-electron chi connectivity index (χ0n) is 17.7. The molecule has 1 N–H and O–H groups in total. The van der Waals surface area contributed by atoms with Crippen molar-refractivity contribution in [2.75, 3.05) is 26.2 Å². The number of benzene rings is 2. The fourth-order valence-corrected chi connectivity index (χ4v) is 4.04. The van der Waals surface area contributed by atoms with Crippen LogP contribution in [0.15, 0.2) is 66.9 Å². The maximum Gasteiger partial charge on any atom is 0.260 e. The number of pyridine rings is 1. The zero-order chi connectivity index (χ0) is 22.1. The van der Waals surface area contributed by atoms with Gasteiger partial charge in [-0.2, -0.15) is 0 Å². The van der Waals surface area contributed by atoms with Gasteiger partial charge in [-0.3, -0.25) is 9.36 Å². The van der Waals surface area contributed by atoms with Crippen molar-refractivity contribution >= 4 is 16.9 Å². The van der Waals surface area contributed by atoms with E-state index < -0.39 is 0 Å². The summed E-state index contributed by atoms with van der Waals surface area (Å²) in [5.41, 5.74) is 2.23. The summed E-state index contributed by atoms with van der Waals surface area (Å²) in [6, 6.07) is 18.0. The van der Waals surface area contributed by atoms with E-state index in [0.29, 0.717) is 46.9 Å². The highest BCUT2D eigenvalue weighted by atomic mass is 19.1. The Morgan fingerprint density at radius 3 is 2.59 bits per heavy atom. The summed E-state index contributed by atoms with van der Waals surface area (Å²) in [6.45, 7) is 4.35. The van der Waals surface area contributed by atoms with Gasteiger partial charge in [0.1, 0.15) is 22.8 Å². The van der Waals surface area contributed by atoms with Crippen molar-refractivity contribution in [1.82, 2.24) is 19.8 Å². The average Bonchev–Trinajstić information content (AvgIpc) is 3.16. The quantitative estimate of drug-likeness (QED) is 0.524. The molecule has 3 heterocycles. The van der Waals surface area contributed by atoms with Crippen LogP contribution in [-0.2, 0) is 0 Å². The maximum absolute atomic E-state index is 14.3. The van der Waals surface area contributed by atoms with Crippen LogP contribution in [0.5, 0.6) is 11.6 Å². The third kappa shape index (κ3) is 3.50. The molecule has 0 unspecified atom stereocenters. The summed E-state index contributed by atoms with van der Waals surface area (Å²) >= 11 is 0. The highest BCUT2D eigenvalue weighted by Gasteiger charge is 2.30. The van der Waals surface area contributed by atoms with Gasteiger partial charge >= 0.3 is 0 Å². The SMILES string of the molecule is Cc1c(F)cccc1Oc1c(C(=O)N2CCNCC2)c2cccnc2n1-c1ccccc1. The second-order valence-electron chi connectivity index (χ2n) is 7.73. The van der Waals surface area contributed by atoms with Gasteiger partial charge in [-0.1, -0.05) is 24.3 Å². The van der Waals surface area contributed by atoms with Crippen molar-refractivity contribution in [3.05, 3.63) is 83.8 Å². The first-order chi connectivity index (χ1) is 15.6. The van der Waals surface area contributed by atoms with Crippen LogP contribution in [0.4, 0.5) is 4.39 Å². The van der Waals surface area contributed by atoms with Gasteiger partial charge in [-0.15, -0.1) is 0 Å². The Morgan fingerprint density at radius 2 is 1.81 bits per heavy atom. The second kappa shape index (κ2) is 8.43. The van der Waals surface area contributed by atoms with E-state index in [2.05, 4.69) is 10.3 Å². The smallest absolute Gasteiger partial charge is 0.260 e. The monoisotopic (exact) mass is 430 g/mol. The van der Waals surface area contributed by atoms with Gasteiger partial charge in [-0.25, -0.2) is 9.37 Å². The summed E-state index contributed by atoms with van der Waals surface area (Å²) in [7, 11) is 0. The number of nitrogens with zero attached hydrogens (tertiary/aromatic N) is 3. The molecule has 0 spiro atoms. The lowest BCUT2D eigenvalue weighted by atomic mass is 10.1. The Kier molecular flexibility index (Phi) is 5.33. The van der Waals surface area contributed by atoms with Crippen molar-refractivity contribution in [1.29, 1.82) is 0 Å². The second-order valence-corrected chi connectivity index (χ2v) is 7.73. The molecule has 4 aromatic rings. The minimum atomic E-state index is -0.363. The lowest BCUT2D eigenvalue weighted by Gasteiger charge is -2.27. The van der Waals surface area contributed by atoms with Crippen LogP contribution in [0.2, 0.25) is 0 Å². The number of piperazine rings is 1. The molecule has 162 valence electrons. The molecule has 2 aromatic carbocycles. The van der Waals surface area contributed by atoms with Gasteiger partial charge in [0.25, 0.3) is 5.91 Å². The summed E-state index contributed by atoms with van der Waals surface area (Å²) < 4.78 is 22.4. The molecule has 1 aliphatic rings. The maximum atomic E-state index is 14.3. The van der Waals surface area contributed by atoms with E-state index in [1.54, 1.807) is 25.3 Å². The normalized spacial score (nSPS) is 14.0. The van der Waals surface area contributed by atoms with Crippen LogP contribution in [0.25, 0.3) is 16.7 Å². The Balaban J connectivity index is 1.76. The van der Waals surface area contributed by atoms with Crippen LogP contribution in [-0.4, -0.2) is 46.5 Å². The minimum Gasteiger partial charge on any atom is -0.439 e. The fourth-order valence-electron chi connectivity index (χ4n) is 4.04. The first-order valence-electron chi connectivity index (χ1n) is 10.6. The molecule has 2 aromatic heterocycles. The third-order valence-electron chi connectivity index (χ3n) is 5.74. The van der Waals surface area contributed by atoms with E-state index in [4.69, 9.17) is 4.74 Å². The number of hydrogen-bond donors (Lipinski definition) is 1. The van der Waals surface area contributed by atoms with Crippen LogP contribution >= 0.6 is 0 Å². The van der Waals surface area contributed by atoms with Crippen LogP contribution in [0.1, 0.15) is 15.9 Å². The largest absolute Gasteiger partial charge is 0.439 e. The Bertz CT molecular complexity index is 1280. The van der Waals surface area contributed by atoms with E-state index >= 15 is 0 Å². The molecule has 0 atom stereocenters. The topological polar surface area (TPSA) is 59.4 Å². The molecule has 1 fully saturated rings. The Morgan fingerprint density at radius 1 is 1.03 bits per heavy atom. The zero-order valence-corrected chi connectivity index (χ0v) is 17.7. The molecule has 0 bridgehead atoms.